The molecule has 1 fully saturated rings. The van der Waals surface area contributed by atoms with Crippen LogP contribution in [-0.2, 0) is 0 Å². The van der Waals surface area contributed by atoms with E-state index in [1.165, 1.54) is 0 Å². The van der Waals surface area contributed by atoms with Gasteiger partial charge in [-0.15, -0.1) is 12.4 Å². The van der Waals surface area contributed by atoms with Crippen molar-refractivity contribution in [1.82, 2.24) is 19.9 Å². The summed E-state index contributed by atoms with van der Waals surface area (Å²) in [6.07, 6.45) is 0. The minimum atomic E-state index is 0. The summed E-state index contributed by atoms with van der Waals surface area (Å²) in [7, 11) is 1.65. The number of hydrogen-bond acceptors (Lipinski definition) is 6. The van der Waals surface area contributed by atoms with Crippen LogP contribution in [0.5, 0.6) is 5.75 Å². The van der Waals surface area contributed by atoms with Gasteiger partial charge in [0.1, 0.15) is 28.9 Å². The van der Waals surface area contributed by atoms with Gasteiger partial charge in [0, 0.05) is 54.9 Å². The Morgan fingerprint density at radius 1 is 1.00 bits per heavy atom. The fraction of sp³-hybridized carbons (Fsp3) is 0.240. The molecule has 1 aliphatic heterocycles. The number of nitrogens with zero attached hydrogens (tertiary/aromatic N) is 4. The second kappa shape index (κ2) is 10.0. The Hall–Kier alpha value is -3.78. The second-order valence-corrected chi connectivity index (χ2v) is 8.07. The first kappa shape index (κ1) is 23.4. The predicted molar refractivity (Wildman–Crippen MR) is 137 cm³/mol. The number of methoxy groups -OCH3 is 1. The van der Waals surface area contributed by atoms with Crippen LogP contribution in [0.25, 0.3) is 10.9 Å². The van der Waals surface area contributed by atoms with Crippen LogP contribution in [0.4, 0.5) is 17.3 Å². The van der Waals surface area contributed by atoms with E-state index in [9.17, 15) is 4.79 Å². The van der Waals surface area contributed by atoms with E-state index in [1.54, 1.807) is 7.11 Å². The molecule has 4 aromatic rings. The van der Waals surface area contributed by atoms with Crippen LogP contribution in [0.2, 0.25) is 0 Å². The Morgan fingerprint density at radius 2 is 1.79 bits per heavy atom. The van der Waals surface area contributed by atoms with E-state index in [2.05, 4.69) is 25.2 Å². The van der Waals surface area contributed by atoms with Crippen molar-refractivity contribution in [2.45, 2.75) is 6.92 Å². The van der Waals surface area contributed by atoms with Gasteiger partial charge in [-0.3, -0.25) is 4.79 Å². The van der Waals surface area contributed by atoms with E-state index in [0.29, 0.717) is 37.7 Å². The fourth-order valence-electron chi connectivity index (χ4n) is 4.12. The van der Waals surface area contributed by atoms with Crippen LogP contribution in [0.3, 0.4) is 0 Å². The second-order valence-electron chi connectivity index (χ2n) is 8.07. The number of carbonyl (C=O) groups excluding carboxylic acids is 1. The lowest BCUT2D eigenvalue weighted by molar-refractivity contribution is 0.0741. The third-order valence-corrected chi connectivity index (χ3v) is 5.82. The van der Waals surface area contributed by atoms with Gasteiger partial charge in [0.25, 0.3) is 5.91 Å². The molecule has 8 nitrogen and oxygen atoms in total. The van der Waals surface area contributed by atoms with E-state index in [0.717, 1.165) is 34.0 Å². The largest absolute Gasteiger partial charge is 0.497 e. The van der Waals surface area contributed by atoms with Gasteiger partial charge in [-0.05, 0) is 31.2 Å². The molecule has 5 rings (SSSR count). The number of piperazine rings is 1. The molecule has 0 atom stereocenters. The van der Waals surface area contributed by atoms with Crippen molar-refractivity contribution in [1.29, 1.82) is 0 Å². The maximum Gasteiger partial charge on any atom is 0.270 e. The number of para-hydroxylation sites is 1. The molecule has 0 bridgehead atoms. The van der Waals surface area contributed by atoms with Gasteiger partial charge in [-0.2, -0.15) is 0 Å². The maximum atomic E-state index is 13.0. The lowest BCUT2D eigenvalue weighted by Crippen LogP contribution is -2.49. The number of aromatic amines is 1. The van der Waals surface area contributed by atoms with Crippen LogP contribution in [0, 0.1) is 6.92 Å². The summed E-state index contributed by atoms with van der Waals surface area (Å²) < 4.78 is 5.30. The molecule has 0 aliphatic carbocycles. The highest BCUT2D eigenvalue weighted by atomic mass is 35.5. The number of fused-ring (bicyclic) bond motifs is 1. The highest BCUT2D eigenvalue weighted by molar-refractivity contribution is 5.98. The molecule has 0 unspecified atom stereocenters. The molecule has 9 heteroatoms. The molecule has 1 amide bonds. The fourth-order valence-corrected chi connectivity index (χ4v) is 4.12. The summed E-state index contributed by atoms with van der Waals surface area (Å²) in [6, 6.07) is 19.5. The van der Waals surface area contributed by atoms with Crippen LogP contribution in [0.1, 0.15) is 16.3 Å². The number of H-pyrrole nitrogens is 1. The molecular formula is C25H27ClN6O2. The summed E-state index contributed by atoms with van der Waals surface area (Å²) in [5, 5.41) is 4.38. The Bertz CT molecular complexity index is 1270. The average Bonchev–Trinajstić information content (AvgIpc) is 3.28. The number of anilines is 3. The summed E-state index contributed by atoms with van der Waals surface area (Å²) in [5.41, 5.74) is 2.51. The molecule has 0 saturated carbocycles. The van der Waals surface area contributed by atoms with E-state index >= 15 is 0 Å². The zero-order valence-electron chi connectivity index (χ0n) is 19.1. The molecule has 2 N–H and O–H groups in total. The number of carbonyl (C=O) groups is 1. The minimum Gasteiger partial charge on any atom is -0.497 e. The molecule has 2 aromatic carbocycles. The molecule has 1 aliphatic rings. The Kier molecular flexibility index (Phi) is 6.88. The van der Waals surface area contributed by atoms with Crippen molar-refractivity contribution in [2.75, 3.05) is 43.5 Å². The number of rotatable bonds is 5. The van der Waals surface area contributed by atoms with E-state index in [-0.39, 0.29) is 18.3 Å². The SMILES string of the molecule is COc1cccc(Nc2cc(N3CCN(C(=O)c4cc5ccccc5[nH]4)CC3)nc(C)n2)c1.Cl. The van der Waals surface area contributed by atoms with E-state index < -0.39 is 0 Å². The van der Waals surface area contributed by atoms with Crippen molar-refractivity contribution in [3.63, 3.8) is 0 Å². The quantitative estimate of drug-likeness (QED) is 0.442. The molecule has 0 spiro atoms. The normalized spacial score (nSPS) is 13.5. The number of nitrogens with one attached hydrogen (secondary N) is 2. The minimum absolute atomic E-state index is 0. The lowest BCUT2D eigenvalue weighted by atomic mass is 10.2. The smallest absolute Gasteiger partial charge is 0.270 e. The molecular weight excluding hydrogens is 452 g/mol. The third-order valence-electron chi connectivity index (χ3n) is 5.82. The van der Waals surface area contributed by atoms with Crippen molar-refractivity contribution in [3.05, 3.63) is 72.2 Å². The molecule has 1 saturated heterocycles. The van der Waals surface area contributed by atoms with E-state index in [1.807, 2.05) is 72.5 Å². The van der Waals surface area contributed by atoms with Crippen LogP contribution in [0.15, 0.2) is 60.7 Å². The first-order chi connectivity index (χ1) is 16.1. The van der Waals surface area contributed by atoms with Crippen LogP contribution < -0.4 is 15.0 Å². The Labute approximate surface area is 204 Å². The highest BCUT2D eigenvalue weighted by Gasteiger charge is 2.24. The molecule has 0 radical (unpaired) electrons. The number of aryl methyl sites for hydroxylation is 1. The van der Waals surface area contributed by atoms with Gasteiger partial charge < -0.3 is 24.8 Å². The lowest BCUT2D eigenvalue weighted by Gasteiger charge is -2.35. The highest BCUT2D eigenvalue weighted by Crippen LogP contribution is 2.24. The number of amides is 1. The molecule has 2 aromatic heterocycles. The number of ether oxygens (including phenoxy) is 1. The zero-order chi connectivity index (χ0) is 22.8. The number of aromatic nitrogens is 3. The van der Waals surface area contributed by atoms with Crippen molar-refractivity contribution < 1.29 is 9.53 Å². The summed E-state index contributed by atoms with van der Waals surface area (Å²) in [6.45, 7) is 4.57. The van der Waals surface area contributed by atoms with Gasteiger partial charge in [0.05, 0.1) is 7.11 Å². The first-order valence-electron chi connectivity index (χ1n) is 11.0. The van der Waals surface area contributed by atoms with Crippen LogP contribution >= 0.6 is 12.4 Å². The average molecular weight is 479 g/mol. The van der Waals surface area contributed by atoms with Gasteiger partial charge in [0.15, 0.2) is 0 Å². The molecule has 176 valence electrons. The number of halogens is 1. The third kappa shape index (κ3) is 4.92. The van der Waals surface area contributed by atoms with Gasteiger partial charge in [0.2, 0.25) is 0 Å². The zero-order valence-corrected chi connectivity index (χ0v) is 19.9. The van der Waals surface area contributed by atoms with E-state index in [4.69, 9.17) is 4.74 Å². The van der Waals surface area contributed by atoms with Crippen molar-refractivity contribution in [3.8, 4) is 5.75 Å². The summed E-state index contributed by atoms with van der Waals surface area (Å²) >= 11 is 0. The van der Waals surface area contributed by atoms with Gasteiger partial charge >= 0.3 is 0 Å². The van der Waals surface area contributed by atoms with Crippen molar-refractivity contribution >= 4 is 46.5 Å². The monoisotopic (exact) mass is 478 g/mol. The summed E-state index contributed by atoms with van der Waals surface area (Å²) in [4.78, 5) is 29.5. The Morgan fingerprint density at radius 3 is 2.56 bits per heavy atom. The topological polar surface area (TPSA) is 86.4 Å². The molecule has 3 heterocycles. The predicted octanol–water partition coefficient (Wildman–Crippen LogP) is 4.40. The summed E-state index contributed by atoms with van der Waals surface area (Å²) in [5.74, 6) is 3.08. The van der Waals surface area contributed by atoms with Gasteiger partial charge in [-0.1, -0.05) is 24.3 Å². The molecule has 34 heavy (non-hydrogen) atoms. The Balaban J connectivity index is 0.00000274. The van der Waals surface area contributed by atoms with Crippen molar-refractivity contribution in [2.24, 2.45) is 0 Å². The number of benzene rings is 2. The maximum absolute atomic E-state index is 13.0. The van der Waals surface area contributed by atoms with Gasteiger partial charge in [-0.25, -0.2) is 9.97 Å². The number of hydrogen-bond donors (Lipinski definition) is 2. The van der Waals surface area contributed by atoms with Crippen LogP contribution in [-0.4, -0.2) is 59.0 Å². The first-order valence-corrected chi connectivity index (χ1v) is 11.0. The standard InChI is InChI=1S/C25H26N6O2.ClH/c1-17-26-23(28-19-7-5-8-20(15-19)33-2)16-24(27-17)30-10-12-31(13-11-30)25(32)22-14-18-6-3-4-9-21(18)29-22;/h3-9,14-16,29H,10-13H2,1-2H3,(H,26,27,28);1H.